The number of hydrogen-bond donors (Lipinski definition) is 0. The Morgan fingerprint density at radius 3 is 0.800 bits per heavy atom. The van der Waals surface area contributed by atoms with Crippen LogP contribution < -0.4 is 0 Å². The van der Waals surface area contributed by atoms with Crippen LogP contribution in [0.4, 0.5) is 0 Å². The zero-order valence-electron chi connectivity index (χ0n) is 25.0. The highest BCUT2D eigenvalue weighted by Crippen LogP contribution is 2.10. The number of rotatable bonds is 10. The Morgan fingerprint density at radius 1 is 0.343 bits per heavy atom. The van der Waals surface area contributed by atoms with Gasteiger partial charge in [0.05, 0.1) is 0 Å². The van der Waals surface area contributed by atoms with Crippen molar-refractivity contribution in [1.29, 1.82) is 0 Å². The molecule has 0 bridgehead atoms. The Bertz CT molecular complexity index is 451. The molecule has 0 N–H and O–H groups in total. The Labute approximate surface area is 220 Å². The second-order valence-corrected chi connectivity index (χ2v) is 12.3. The van der Waals surface area contributed by atoms with E-state index in [2.05, 4.69) is 84.8 Å². The molecule has 208 valence electrons. The number of unbranched alkanes of at least 4 members (excludes halogenated alkanes) is 2. The zero-order chi connectivity index (χ0) is 25.8. The van der Waals surface area contributed by atoms with Gasteiger partial charge in [0, 0.05) is 103 Å². The van der Waals surface area contributed by atoms with Crippen LogP contribution in [-0.4, -0.2) is 145 Å². The standard InChI is InChI=1S/C29H62N6/c1-26(2)32-18-14-30(15-19-33(23-22-32)27(3)4)12-10-9-11-13-31-16-20-34(28(5)6)24-25-35(21-17-31)29(7)8/h26-29H,9-25H2,1-8H3. The highest BCUT2D eigenvalue weighted by atomic mass is 15.3. The summed E-state index contributed by atoms with van der Waals surface area (Å²) in [4.78, 5) is 16.2. The van der Waals surface area contributed by atoms with Crippen molar-refractivity contribution in [1.82, 2.24) is 29.4 Å². The van der Waals surface area contributed by atoms with Crippen LogP contribution in [0.1, 0.15) is 74.7 Å². The molecule has 2 aliphatic heterocycles. The first-order chi connectivity index (χ1) is 16.7. The van der Waals surface area contributed by atoms with E-state index < -0.39 is 0 Å². The Morgan fingerprint density at radius 2 is 0.571 bits per heavy atom. The van der Waals surface area contributed by atoms with Crippen molar-refractivity contribution in [3.8, 4) is 0 Å². The molecule has 0 radical (unpaired) electrons. The molecule has 0 atom stereocenters. The monoisotopic (exact) mass is 495 g/mol. The number of hydrogen-bond acceptors (Lipinski definition) is 6. The molecule has 0 aromatic rings. The molecule has 0 saturated carbocycles. The fourth-order valence-corrected chi connectivity index (χ4v) is 5.62. The Balaban J connectivity index is 1.78. The second-order valence-electron chi connectivity index (χ2n) is 12.3. The van der Waals surface area contributed by atoms with E-state index in [1.807, 2.05) is 0 Å². The van der Waals surface area contributed by atoms with Gasteiger partial charge in [-0.15, -0.1) is 0 Å². The lowest BCUT2D eigenvalue weighted by Crippen LogP contribution is -2.41. The summed E-state index contributed by atoms with van der Waals surface area (Å²) >= 11 is 0. The zero-order valence-corrected chi connectivity index (χ0v) is 25.0. The Hall–Kier alpha value is -0.240. The summed E-state index contributed by atoms with van der Waals surface area (Å²) in [7, 11) is 0. The molecular formula is C29H62N6. The van der Waals surface area contributed by atoms with E-state index in [0.717, 1.165) is 0 Å². The van der Waals surface area contributed by atoms with Crippen LogP contribution in [0.15, 0.2) is 0 Å². The van der Waals surface area contributed by atoms with E-state index in [4.69, 9.17) is 0 Å². The molecule has 0 aromatic carbocycles. The molecule has 6 nitrogen and oxygen atoms in total. The summed E-state index contributed by atoms with van der Waals surface area (Å²) in [6.07, 6.45) is 4.04. The molecule has 6 heteroatoms. The summed E-state index contributed by atoms with van der Waals surface area (Å²) in [5, 5.41) is 0. The van der Waals surface area contributed by atoms with Gasteiger partial charge in [-0.2, -0.15) is 0 Å². The quantitative estimate of drug-likeness (QED) is 0.429. The van der Waals surface area contributed by atoms with E-state index >= 15 is 0 Å². The average molecular weight is 495 g/mol. The average Bonchev–Trinajstić information content (AvgIpc) is 2.97. The van der Waals surface area contributed by atoms with Gasteiger partial charge in [0.15, 0.2) is 0 Å². The highest BCUT2D eigenvalue weighted by Gasteiger charge is 2.21. The predicted molar refractivity (Wildman–Crippen MR) is 154 cm³/mol. The first-order valence-electron chi connectivity index (χ1n) is 15.1. The summed E-state index contributed by atoms with van der Waals surface area (Å²) in [5.74, 6) is 0. The van der Waals surface area contributed by atoms with Gasteiger partial charge in [-0.1, -0.05) is 6.42 Å². The summed E-state index contributed by atoms with van der Waals surface area (Å²) in [5.41, 5.74) is 0. The van der Waals surface area contributed by atoms with E-state index in [1.165, 1.54) is 111 Å². The van der Waals surface area contributed by atoms with Crippen molar-refractivity contribution in [3.63, 3.8) is 0 Å². The van der Waals surface area contributed by atoms with Crippen molar-refractivity contribution >= 4 is 0 Å². The molecule has 0 aliphatic carbocycles. The molecule has 2 heterocycles. The van der Waals surface area contributed by atoms with Gasteiger partial charge in [-0.25, -0.2) is 0 Å². The maximum atomic E-state index is 2.75. The summed E-state index contributed by atoms with van der Waals surface area (Å²) in [6.45, 7) is 36.0. The van der Waals surface area contributed by atoms with E-state index in [9.17, 15) is 0 Å². The van der Waals surface area contributed by atoms with E-state index in [1.54, 1.807) is 0 Å². The molecule has 2 saturated heterocycles. The lowest BCUT2D eigenvalue weighted by molar-refractivity contribution is 0.169. The number of nitrogens with zero attached hydrogens (tertiary/aromatic N) is 6. The normalized spacial score (nSPS) is 23.0. The lowest BCUT2D eigenvalue weighted by Gasteiger charge is -2.30. The maximum absolute atomic E-state index is 2.75. The molecule has 2 aliphatic rings. The fraction of sp³-hybridized carbons (Fsp3) is 1.00. The first kappa shape index (κ1) is 31.0. The molecule has 0 spiro atoms. The van der Waals surface area contributed by atoms with Crippen molar-refractivity contribution in [3.05, 3.63) is 0 Å². The largest absolute Gasteiger partial charge is 0.301 e. The van der Waals surface area contributed by atoms with Crippen LogP contribution in [0, 0.1) is 0 Å². The van der Waals surface area contributed by atoms with Gasteiger partial charge in [0.25, 0.3) is 0 Å². The Kier molecular flexibility index (Phi) is 14.7. The van der Waals surface area contributed by atoms with E-state index in [0.29, 0.717) is 24.2 Å². The predicted octanol–water partition coefficient (Wildman–Crippen LogP) is 3.63. The van der Waals surface area contributed by atoms with Gasteiger partial charge in [-0.3, -0.25) is 19.6 Å². The minimum absolute atomic E-state index is 0.643. The van der Waals surface area contributed by atoms with Gasteiger partial charge >= 0.3 is 0 Å². The molecular weight excluding hydrogens is 432 g/mol. The lowest BCUT2D eigenvalue weighted by atomic mass is 10.2. The van der Waals surface area contributed by atoms with Gasteiger partial charge in [0.1, 0.15) is 0 Å². The highest BCUT2D eigenvalue weighted by molar-refractivity contribution is 4.77. The van der Waals surface area contributed by atoms with Crippen molar-refractivity contribution < 1.29 is 0 Å². The van der Waals surface area contributed by atoms with Crippen LogP contribution in [0.25, 0.3) is 0 Å². The van der Waals surface area contributed by atoms with Crippen LogP contribution >= 0.6 is 0 Å². The second kappa shape index (κ2) is 16.6. The van der Waals surface area contributed by atoms with Gasteiger partial charge in [0.2, 0.25) is 0 Å². The van der Waals surface area contributed by atoms with Gasteiger partial charge in [-0.05, 0) is 81.3 Å². The smallest absolute Gasteiger partial charge is 0.0113 e. The molecule has 0 aromatic heterocycles. The van der Waals surface area contributed by atoms with Crippen LogP contribution in [0.2, 0.25) is 0 Å². The van der Waals surface area contributed by atoms with Crippen LogP contribution in [0.5, 0.6) is 0 Å². The van der Waals surface area contributed by atoms with Crippen LogP contribution in [0.3, 0.4) is 0 Å². The molecule has 2 rings (SSSR count). The molecule has 2 fully saturated rings. The van der Waals surface area contributed by atoms with Crippen molar-refractivity contribution in [2.75, 3.05) is 91.6 Å². The molecule has 0 unspecified atom stereocenters. The third-order valence-electron chi connectivity index (χ3n) is 8.53. The molecule has 0 amide bonds. The minimum atomic E-state index is 0.643. The van der Waals surface area contributed by atoms with Crippen molar-refractivity contribution in [2.24, 2.45) is 0 Å². The SMILES string of the molecule is CC(C)N1CCN(CCCCCN2CCN(C(C)C)CCN(C(C)C)CC2)CCN(C(C)C)CC1. The van der Waals surface area contributed by atoms with Gasteiger partial charge < -0.3 is 9.80 Å². The molecule has 35 heavy (non-hydrogen) atoms. The topological polar surface area (TPSA) is 19.4 Å². The third-order valence-corrected chi connectivity index (χ3v) is 8.53. The summed E-state index contributed by atoms with van der Waals surface area (Å²) < 4.78 is 0. The maximum Gasteiger partial charge on any atom is 0.0113 e. The van der Waals surface area contributed by atoms with Crippen molar-refractivity contribution in [2.45, 2.75) is 98.8 Å². The third kappa shape index (κ3) is 11.8. The van der Waals surface area contributed by atoms with Crippen LogP contribution in [-0.2, 0) is 0 Å². The fourth-order valence-electron chi connectivity index (χ4n) is 5.62. The van der Waals surface area contributed by atoms with E-state index in [-0.39, 0.29) is 0 Å². The minimum Gasteiger partial charge on any atom is -0.301 e. The first-order valence-corrected chi connectivity index (χ1v) is 15.1. The summed E-state index contributed by atoms with van der Waals surface area (Å²) in [6, 6.07) is 2.57.